The van der Waals surface area contributed by atoms with Crippen LogP contribution in [0.25, 0.3) is 0 Å². The summed E-state index contributed by atoms with van der Waals surface area (Å²) in [6, 6.07) is 0. The minimum Gasteiger partial charge on any atom is -0.332 e. The lowest BCUT2D eigenvalue weighted by Gasteiger charge is -1.99. The fourth-order valence-electron chi connectivity index (χ4n) is 0.897. The molecule has 0 atom stereocenters. The van der Waals surface area contributed by atoms with Crippen molar-refractivity contribution in [3.8, 4) is 0 Å². The first-order valence-electron chi connectivity index (χ1n) is 4.19. The monoisotopic (exact) mass is 181 g/mol. The predicted octanol–water partition coefficient (Wildman–Crippen LogP) is -1.01. The molecule has 0 fully saturated rings. The molecule has 0 saturated heterocycles. The first-order valence-corrected chi connectivity index (χ1v) is 4.19. The molecule has 0 spiro atoms. The molecule has 1 heterocycles. The lowest BCUT2D eigenvalue weighted by molar-refractivity contribution is -0.114. The Balaban J connectivity index is 2.11. The van der Waals surface area contributed by atoms with Crippen LogP contribution in [0.3, 0.4) is 0 Å². The van der Waals surface area contributed by atoms with Crippen molar-refractivity contribution in [1.82, 2.24) is 16.0 Å². The molecule has 0 radical (unpaired) electrons. The maximum Gasteiger partial charge on any atom is 0.374 e. The Bertz CT molecular complexity index is 234. The standard InChI is InChI=1S/C8H12N4O/c1-9-3-2-4-12-8(13)7-10-5-6-11-7/h5,9H,2-4H2,1H3,(H-,10,11,12,13)/p+1. The van der Waals surface area contributed by atoms with Crippen LogP contribution in [0.2, 0.25) is 0 Å². The van der Waals surface area contributed by atoms with Crippen LogP contribution in [0.15, 0.2) is 11.2 Å². The lowest BCUT2D eigenvalue weighted by atomic mass is 10.4. The molecule has 0 aliphatic carbocycles. The molecule has 0 bridgehead atoms. The van der Waals surface area contributed by atoms with E-state index in [2.05, 4.69) is 27.1 Å². The molecule has 1 rings (SSSR count). The van der Waals surface area contributed by atoms with E-state index in [4.69, 9.17) is 0 Å². The average molecular weight is 181 g/mol. The number of hydrogen-bond donors (Lipinski definition) is 3. The number of nitrogens with one attached hydrogen (secondary N) is 3. The van der Waals surface area contributed by atoms with Gasteiger partial charge in [-0.25, -0.2) is 10.1 Å². The topological polar surface area (TPSA) is 65.5 Å². The zero-order chi connectivity index (χ0) is 9.52. The lowest BCUT2D eigenvalue weighted by Crippen LogP contribution is -2.37. The number of amidine groups is 1. The molecular formula is C8H13N4O+. The van der Waals surface area contributed by atoms with Crippen molar-refractivity contribution in [3.63, 3.8) is 0 Å². The summed E-state index contributed by atoms with van der Waals surface area (Å²) in [5.74, 6) is 0.127. The van der Waals surface area contributed by atoms with Crippen LogP contribution < -0.4 is 16.0 Å². The second-order valence-corrected chi connectivity index (χ2v) is 2.59. The fourth-order valence-corrected chi connectivity index (χ4v) is 0.897. The van der Waals surface area contributed by atoms with Gasteiger partial charge in [0.15, 0.2) is 6.20 Å². The van der Waals surface area contributed by atoms with E-state index in [1.807, 2.05) is 7.05 Å². The molecule has 0 saturated carbocycles. The summed E-state index contributed by atoms with van der Waals surface area (Å²) in [5, 5.41) is 8.41. The SMILES string of the molecule is CNCCCNC(=O)C1=N[C+]=CN1. The highest BCUT2D eigenvalue weighted by Gasteiger charge is 2.21. The maximum atomic E-state index is 11.2. The summed E-state index contributed by atoms with van der Waals surface area (Å²) in [7, 11) is 1.88. The van der Waals surface area contributed by atoms with Crippen LogP contribution in [-0.4, -0.2) is 31.9 Å². The second-order valence-electron chi connectivity index (χ2n) is 2.59. The van der Waals surface area contributed by atoms with Gasteiger partial charge < -0.3 is 10.6 Å². The highest BCUT2D eigenvalue weighted by Crippen LogP contribution is 1.85. The summed E-state index contributed by atoms with van der Waals surface area (Å²) in [5.41, 5.74) is 0. The average Bonchev–Trinajstić information content (AvgIpc) is 2.65. The minimum atomic E-state index is -0.183. The van der Waals surface area contributed by atoms with E-state index in [0.717, 1.165) is 13.0 Å². The molecule has 13 heavy (non-hydrogen) atoms. The molecule has 1 amide bonds. The van der Waals surface area contributed by atoms with E-state index >= 15 is 0 Å². The van der Waals surface area contributed by atoms with Gasteiger partial charge in [-0.05, 0) is 20.0 Å². The molecule has 0 unspecified atom stereocenters. The smallest absolute Gasteiger partial charge is 0.332 e. The third-order valence-corrected chi connectivity index (χ3v) is 1.55. The summed E-state index contributed by atoms with van der Waals surface area (Å²) in [4.78, 5) is 14.9. The highest BCUT2D eigenvalue weighted by molar-refractivity contribution is 6.38. The van der Waals surface area contributed by atoms with E-state index in [1.54, 1.807) is 0 Å². The molecule has 1 aliphatic rings. The van der Waals surface area contributed by atoms with Crippen molar-refractivity contribution in [2.45, 2.75) is 6.42 Å². The summed E-state index contributed by atoms with van der Waals surface area (Å²) < 4.78 is 0. The van der Waals surface area contributed by atoms with Gasteiger partial charge in [-0.3, -0.25) is 0 Å². The van der Waals surface area contributed by atoms with Crippen molar-refractivity contribution >= 4 is 11.7 Å². The predicted molar refractivity (Wildman–Crippen MR) is 49.9 cm³/mol. The maximum absolute atomic E-state index is 11.2. The van der Waals surface area contributed by atoms with Crippen LogP contribution in [0.4, 0.5) is 0 Å². The van der Waals surface area contributed by atoms with E-state index in [-0.39, 0.29) is 5.91 Å². The van der Waals surface area contributed by atoms with Gasteiger partial charge in [-0.15, -0.1) is 0 Å². The van der Waals surface area contributed by atoms with Crippen LogP contribution in [0, 0.1) is 6.20 Å². The van der Waals surface area contributed by atoms with Crippen molar-refractivity contribution in [3.05, 3.63) is 12.4 Å². The normalized spacial score (nSPS) is 13.2. The van der Waals surface area contributed by atoms with E-state index < -0.39 is 0 Å². The third-order valence-electron chi connectivity index (χ3n) is 1.55. The number of hydrogen-bond acceptors (Lipinski definition) is 4. The molecule has 0 aromatic rings. The Morgan fingerprint density at radius 1 is 1.69 bits per heavy atom. The Morgan fingerprint density at radius 2 is 2.54 bits per heavy atom. The summed E-state index contributed by atoms with van der Waals surface area (Å²) in [6.07, 6.45) is 4.95. The third kappa shape index (κ3) is 3.19. The van der Waals surface area contributed by atoms with Gasteiger partial charge in [0.2, 0.25) is 6.20 Å². The van der Waals surface area contributed by atoms with E-state index in [9.17, 15) is 4.79 Å². The minimum absolute atomic E-state index is 0.183. The van der Waals surface area contributed by atoms with Gasteiger partial charge in [0.05, 0.1) is 0 Å². The first-order chi connectivity index (χ1) is 6.34. The molecule has 0 aromatic carbocycles. The number of carbonyl (C=O) groups excluding carboxylic acids is 1. The fraction of sp³-hybridized carbons (Fsp3) is 0.500. The number of nitrogens with zero attached hydrogens (tertiary/aromatic N) is 1. The van der Waals surface area contributed by atoms with Crippen molar-refractivity contribution < 1.29 is 4.79 Å². The number of rotatable bonds is 5. The first kappa shape index (κ1) is 9.64. The Hall–Kier alpha value is -1.45. The van der Waals surface area contributed by atoms with Crippen molar-refractivity contribution in [1.29, 1.82) is 0 Å². The highest BCUT2D eigenvalue weighted by atomic mass is 16.2. The molecule has 5 nitrogen and oxygen atoms in total. The second kappa shape index (κ2) is 5.24. The zero-order valence-electron chi connectivity index (χ0n) is 7.55. The summed E-state index contributed by atoms with van der Waals surface area (Å²) >= 11 is 0. The largest absolute Gasteiger partial charge is 0.374 e. The Labute approximate surface area is 77.3 Å². The van der Waals surface area contributed by atoms with Crippen molar-refractivity contribution in [2.24, 2.45) is 4.99 Å². The van der Waals surface area contributed by atoms with E-state index in [1.165, 1.54) is 6.20 Å². The van der Waals surface area contributed by atoms with Crippen molar-refractivity contribution in [2.75, 3.05) is 20.1 Å². The summed E-state index contributed by atoms with van der Waals surface area (Å²) in [6.45, 7) is 1.55. The van der Waals surface area contributed by atoms with Gasteiger partial charge in [-0.1, -0.05) is 0 Å². The van der Waals surface area contributed by atoms with Crippen LogP contribution in [-0.2, 0) is 4.79 Å². The van der Waals surface area contributed by atoms with Crippen LogP contribution >= 0.6 is 0 Å². The molecule has 70 valence electrons. The van der Waals surface area contributed by atoms with Crippen LogP contribution in [0.5, 0.6) is 0 Å². The van der Waals surface area contributed by atoms with Gasteiger partial charge in [0.25, 0.3) is 0 Å². The van der Waals surface area contributed by atoms with Gasteiger partial charge in [0, 0.05) is 11.5 Å². The van der Waals surface area contributed by atoms with Crippen LogP contribution in [0.1, 0.15) is 6.42 Å². The molecule has 1 aliphatic heterocycles. The number of aliphatic imine (C=N–C) groups is 1. The van der Waals surface area contributed by atoms with E-state index in [0.29, 0.717) is 12.4 Å². The van der Waals surface area contributed by atoms with Gasteiger partial charge in [-0.2, -0.15) is 0 Å². The van der Waals surface area contributed by atoms with Gasteiger partial charge in [0.1, 0.15) is 0 Å². The Kier molecular flexibility index (Phi) is 3.88. The molecule has 3 N–H and O–H groups in total. The molecular weight excluding hydrogens is 168 g/mol. The molecule has 0 aromatic heterocycles. The number of carbonyl (C=O) groups is 1. The quantitative estimate of drug-likeness (QED) is 0.376. The zero-order valence-corrected chi connectivity index (χ0v) is 7.55. The number of amides is 1. The Morgan fingerprint density at radius 3 is 3.15 bits per heavy atom. The van der Waals surface area contributed by atoms with Gasteiger partial charge >= 0.3 is 11.7 Å². The molecule has 5 heteroatoms.